The zero-order valence-corrected chi connectivity index (χ0v) is 13.1. The molecule has 1 heterocycles. The van der Waals surface area contributed by atoms with Gasteiger partial charge in [-0.2, -0.15) is 0 Å². The highest BCUT2D eigenvalue weighted by Gasteiger charge is 2.11. The van der Waals surface area contributed by atoms with Gasteiger partial charge < -0.3 is 10.1 Å². The van der Waals surface area contributed by atoms with Crippen molar-refractivity contribution in [1.29, 1.82) is 0 Å². The van der Waals surface area contributed by atoms with Crippen molar-refractivity contribution in [2.75, 3.05) is 7.11 Å². The summed E-state index contributed by atoms with van der Waals surface area (Å²) >= 11 is 13.7. The van der Waals surface area contributed by atoms with Crippen LogP contribution in [0.4, 0.5) is 0 Å². The standard InChI is InChI=1S/C14H15Cl2NOS/c1-9(13-6-7-14(16)19-13)17-8-10-11(15)4-3-5-12(10)18-2/h3-7,9,17H,8H2,1-2H3. The molecule has 0 amide bonds. The molecule has 1 aromatic heterocycles. The minimum atomic E-state index is 0.221. The zero-order chi connectivity index (χ0) is 13.8. The molecule has 1 aromatic carbocycles. The normalized spacial score (nSPS) is 12.4. The van der Waals surface area contributed by atoms with Gasteiger partial charge in [-0.1, -0.05) is 29.3 Å². The van der Waals surface area contributed by atoms with Crippen molar-refractivity contribution < 1.29 is 4.74 Å². The second kappa shape index (κ2) is 6.62. The number of hydrogen-bond acceptors (Lipinski definition) is 3. The van der Waals surface area contributed by atoms with E-state index in [1.54, 1.807) is 18.4 Å². The third kappa shape index (κ3) is 3.63. The molecule has 0 aliphatic carbocycles. The Kier molecular flexibility index (Phi) is 5.11. The molecular formula is C14H15Cl2NOS. The average molecular weight is 316 g/mol. The molecule has 2 rings (SSSR count). The third-order valence-corrected chi connectivity index (χ3v) is 4.67. The van der Waals surface area contributed by atoms with Crippen LogP contribution in [0, 0.1) is 0 Å². The van der Waals surface area contributed by atoms with E-state index in [4.69, 9.17) is 27.9 Å². The molecule has 0 saturated heterocycles. The van der Waals surface area contributed by atoms with Gasteiger partial charge in [0.05, 0.1) is 11.4 Å². The number of thiophene rings is 1. The van der Waals surface area contributed by atoms with Gasteiger partial charge >= 0.3 is 0 Å². The summed E-state index contributed by atoms with van der Waals surface area (Å²) in [6.07, 6.45) is 0. The molecule has 0 saturated carbocycles. The zero-order valence-electron chi connectivity index (χ0n) is 10.7. The Morgan fingerprint density at radius 3 is 2.68 bits per heavy atom. The third-order valence-electron chi connectivity index (χ3n) is 2.90. The summed E-state index contributed by atoms with van der Waals surface area (Å²) in [7, 11) is 1.65. The van der Waals surface area contributed by atoms with E-state index in [1.165, 1.54) is 4.88 Å². The highest BCUT2D eigenvalue weighted by molar-refractivity contribution is 7.16. The number of benzene rings is 1. The molecule has 19 heavy (non-hydrogen) atoms. The van der Waals surface area contributed by atoms with Gasteiger partial charge in [0.2, 0.25) is 0 Å². The number of hydrogen-bond donors (Lipinski definition) is 1. The molecule has 0 spiro atoms. The first-order chi connectivity index (χ1) is 9.11. The maximum atomic E-state index is 6.20. The van der Waals surface area contributed by atoms with Crippen molar-refractivity contribution in [3.63, 3.8) is 0 Å². The fourth-order valence-corrected chi connectivity index (χ4v) is 3.14. The largest absolute Gasteiger partial charge is 0.496 e. The van der Waals surface area contributed by atoms with E-state index < -0.39 is 0 Å². The predicted octanol–water partition coefficient (Wildman–Crippen LogP) is 4.91. The molecule has 2 nitrogen and oxygen atoms in total. The van der Waals surface area contributed by atoms with Crippen LogP contribution in [0.5, 0.6) is 5.75 Å². The monoisotopic (exact) mass is 315 g/mol. The highest BCUT2D eigenvalue weighted by Crippen LogP contribution is 2.29. The molecule has 1 atom stereocenters. The number of halogens is 2. The fourth-order valence-electron chi connectivity index (χ4n) is 1.82. The van der Waals surface area contributed by atoms with Gasteiger partial charge in [-0.3, -0.25) is 0 Å². The van der Waals surface area contributed by atoms with Crippen LogP contribution in [0.1, 0.15) is 23.4 Å². The first kappa shape index (κ1) is 14.7. The fraction of sp³-hybridized carbons (Fsp3) is 0.286. The van der Waals surface area contributed by atoms with Gasteiger partial charge in [-0.15, -0.1) is 11.3 Å². The predicted molar refractivity (Wildman–Crippen MR) is 82.6 cm³/mol. The topological polar surface area (TPSA) is 21.3 Å². The van der Waals surface area contributed by atoms with E-state index in [-0.39, 0.29) is 6.04 Å². The van der Waals surface area contributed by atoms with Crippen molar-refractivity contribution >= 4 is 34.5 Å². The van der Waals surface area contributed by atoms with E-state index in [2.05, 4.69) is 12.2 Å². The Balaban J connectivity index is 2.06. The van der Waals surface area contributed by atoms with Crippen LogP contribution >= 0.6 is 34.5 Å². The summed E-state index contributed by atoms with van der Waals surface area (Å²) in [6.45, 7) is 2.75. The molecule has 0 aliphatic heterocycles. The smallest absolute Gasteiger partial charge is 0.124 e. The molecule has 102 valence electrons. The lowest BCUT2D eigenvalue weighted by Crippen LogP contribution is -2.17. The van der Waals surface area contributed by atoms with Crippen molar-refractivity contribution in [3.05, 3.63) is 50.1 Å². The molecule has 2 aromatic rings. The van der Waals surface area contributed by atoms with Crippen molar-refractivity contribution in [1.82, 2.24) is 5.32 Å². The molecule has 0 radical (unpaired) electrons. The Morgan fingerprint density at radius 1 is 1.26 bits per heavy atom. The maximum Gasteiger partial charge on any atom is 0.124 e. The lowest BCUT2D eigenvalue weighted by molar-refractivity contribution is 0.406. The summed E-state index contributed by atoms with van der Waals surface area (Å²) in [4.78, 5) is 1.20. The molecule has 0 bridgehead atoms. The number of ether oxygens (including phenoxy) is 1. The number of methoxy groups -OCH3 is 1. The molecule has 1 N–H and O–H groups in total. The van der Waals surface area contributed by atoms with Crippen molar-refractivity contribution in [2.24, 2.45) is 0 Å². The molecule has 1 unspecified atom stereocenters. The van der Waals surface area contributed by atoms with Crippen LogP contribution in [-0.4, -0.2) is 7.11 Å². The first-order valence-electron chi connectivity index (χ1n) is 5.92. The van der Waals surface area contributed by atoms with Crippen LogP contribution < -0.4 is 10.1 Å². The van der Waals surface area contributed by atoms with Crippen LogP contribution in [0.15, 0.2) is 30.3 Å². The van der Waals surface area contributed by atoms with Gasteiger partial charge in [0.15, 0.2) is 0 Å². The van der Waals surface area contributed by atoms with Crippen molar-refractivity contribution in [2.45, 2.75) is 19.5 Å². The Labute approximate surface area is 127 Å². The minimum absolute atomic E-state index is 0.221. The maximum absolute atomic E-state index is 6.20. The average Bonchev–Trinajstić information content (AvgIpc) is 2.83. The molecule has 5 heteroatoms. The molecule has 0 fully saturated rings. The highest BCUT2D eigenvalue weighted by atomic mass is 35.5. The van der Waals surface area contributed by atoms with Gasteiger partial charge in [-0.25, -0.2) is 0 Å². The van der Waals surface area contributed by atoms with E-state index in [1.807, 2.05) is 30.3 Å². The van der Waals surface area contributed by atoms with Gasteiger partial charge in [0, 0.05) is 28.0 Å². The van der Waals surface area contributed by atoms with Crippen LogP contribution in [0.25, 0.3) is 0 Å². The van der Waals surface area contributed by atoms with E-state index in [0.717, 1.165) is 15.6 Å². The second-order valence-electron chi connectivity index (χ2n) is 4.17. The Hall–Kier alpha value is -0.740. The van der Waals surface area contributed by atoms with Gasteiger partial charge in [0.25, 0.3) is 0 Å². The second-order valence-corrected chi connectivity index (χ2v) is 6.32. The summed E-state index contributed by atoms with van der Waals surface area (Å²) in [5, 5.41) is 4.14. The Bertz CT molecular complexity index is 556. The van der Waals surface area contributed by atoms with Crippen molar-refractivity contribution in [3.8, 4) is 5.75 Å². The summed E-state index contributed by atoms with van der Waals surface area (Å²) in [5.74, 6) is 0.802. The number of rotatable bonds is 5. The minimum Gasteiger partial charge on any atom is -0.496 e. The quantitative estimate of drug-likeness (QED) is 0.846. The molecule has 0 aliphatic rings. The first-order valence-corrected chi connectivity index (χ1v) is 7.49. The lowest BCUT2D eigenvalue weighted by atomic mass is 10.2. The van der Waals surface area contributed by atoms with Crippen LogP contribution in [-0.2, 0) is 6.54 Å². The van der Waals surface area contributed by atoms with Crippen LogP contribution in [0.3, 0.4) is 0 Å². The Morgan fingerprint density at radius 2 is 2.05 bits per heavy atom. The van der Waals surface area contributed by atoms with Crippen LogP contribution in [0.2, 0.25) is 9.36 Å². The summed E-state index contributed by atoms with van der Waals surface area (Å²) < 4.78 is 6.13. The SMILES string of the molecule is COc1cccc(Cl)c1CNC(C)c1ccc(Cl)s1. The summed E-state index contributed by atoms with van der Waals surface area (Å²) in [5.41, 5.74) is 0.973. The molecular weight excluding hydrogens is 301 g/mol. The van der Waals surface area contributed by atoms with Gasteiger partial charge in [0.1, 0.15) is 5.75 Å². The lowest BCUT2D eigenvalue weighted by Gasteiger charge is -2.15. The van der Waals surface area contributed by atoms with E-state index in [0.29, 0.717) is 11.6 Å². The van der Waals surface area contributed by atoms with E-state index in [9.17, 15) is 0 Å². The van der Waals surface area contributed by atoms with E-state index >= 15 is 0 Å². The number of nitrogens with one attached hydrogen (secondary N) is 1. The van der Waals surface area contributed by atoms with Gasteiger partial charge in [-0.05, 0) is 31.2 Å². The summed E-state index contributed by atoms with van der Waals surface area (Å²) in [6, 6.07) is 9.83.